The third kappa shape index (κ3) is 2.52. The van der Waals surface area contributed by atoms with Crippen LogP contribution in [0.5, 0.6) is 11.6 Å². The summed E-state index contributed by atoms with van der Waals surface area (Å²) < 4.78 is 5.96. The van der Waals surface area contributed by atoms with Crippen molar-refractivity contribution in [3.8, 4) is 11.6 Å². The Kier molecular flexibility index (Phi) is 3.21. The topological polar surface area (TPSA) is 89.7 Å². The molecule has 3 rings (SSSR count). The number of benzene rings is 1. The monoisotopic (exact) mass is 283 g/mol. The first kappa shape index (κ1) is 13.4. The molecule has 2 aromatic heterocycles. The van der Waals surface area contributed by atoms with Crippen LogP contribution in [0.3, 0.4) is 0 Å². The lowest BCUT2D eigenvalue weighted by Crippen LogP contribution is -1.99. The molecule has 6 nitrogen and oxygen atoms in total. The van der Waals surface area contributed by atoms with Gasteiger partial charge < -0.3 is 10.5 Å². The van der Waals surface area contributed by atoms with Crippen LogP contribution >= 0.6 is 0 Å². The molecule has 0 saturated carbocycles. The molecule has 0 amide bonds. The summed E-state index contributed by atoms with van der Waals surface area (Å²) >= 11 is 0. The zero-order valence-corrected chi connectivity index (χ0v) is 12.2. The summed E-state index contributed by atoms with van der Waals surface area (Å²) in [5.41, 5.74) is 8.51. The molecule has 0 unspecified atom stereocenters. The number of aryl methyl sites for hydroxylation is 1. The highest BCUT2D eigenvalue weighted by atomic mass is 16.5. The molecule has 0 aliphatic carbocycles. The van der Waals surface area contributed by atoms with Gasteiger partial charge in [-0.05, 0) is 30.0 Å². The van der Waals surface area contributed by atoms with Gasteiger partial charge in [-0.15, -0.1) is 0 Å². The second-order valence-electron chi connectivity index (χ2n) is 5.30. The molecule has 2 heterocycles. The van der Waals surface area contributed by atoms with Gasteiger partial charge in [-0.25, -0.2) is 0 Å². The minimum absolute atomic E-state index is 0.152. The molecule has 0 saturated heterocycles. The lowest BCUT2D eigenvalue weighted by Gasteiger charge is -2.12. The smallest absolute Gasteiger partial charge is 0.235 e. The van der Waals surface area contributed by atoms with Crippen LogP contribution in [0.15, 0.2) is 24.4 Å². The van der Waals surface area contributed by atoms with Crippen molar-refractivity contribution >= 4 is 17.0 Å². The summed E-state index contributed by atoms with van der Waals surface area (Å²) in [6.07, 6.45) is 1.63. The molecule has 1 aromatic carbocycles. The van der Waals surface area contributed by atoms with Gasteiger partial charge in [-0.1, -0.05) is 26.0 Å². The number of nitrogens with two attached hydrogens (primary N) is 1. The lowest BCUT2D eigenvalue weighted by atomic mass is 10.0. The lowest BCUT2D eigenvalue weighted by molar-refractivity contribution is 0.464. The molecule has 0 spiro atoms. The normalized spacial score (nSPS) is 11.2. The Morgan fingerprint density at radius 3 is 2.81 bits per heavy atom. The van der Waals surface area contributed by atoms with Crippen LogP contribution in [0.1, 0.15) is 30.9 Å². The summed E-state index contributed by atoms with van der Waals surface area (Å²) in [4.78, 5) is 8.24. The number of nitrogens with one attached hydrogen (secondary N) is 1. The van der Waals surface area contributed by atoms with Gasteiger partial charge >= 0.3 is 0 Å². The van der Waals surface area contributed by atoms with Crippen molar-refractivity contribution in [3.63, 3.8) is 0 Å². The number of rotatable bonds is 3. The first-order valence-electron chi connectivity index (χ1n) is 6.79. The molecule has 3 aromatic rings. The first-order chi connectivity index (χ1) is 10.0. The van der Waals surface area contributed by atoms with Crippen LogP contribution in [0, 0.1) is 6.92 Å². The average molecular weight is 283 g/mol. The van der Waals surface area contributed by atoms with Crippen molar-refractivity contribution in [2.24, 2.45) is 0 Å². The van der Waals surface area contributed by atoms with Crippen molar-refractivity contribution in [1.82, 2.24) is 20.2 Å². The van der Waals surface area contributed by atoms with Gasteiger partial charge in [0.1, 0.15) is 11.1 Å². The standard InChI is InChI=1S/C15H17N5O/c1-8(2)10-5-4-9(3)12(6-10)21-14-11-7-17-20-13(11)18-15(16)19-14/h4-8H,1-3H3,(H3,16,17,18,19,20). The predicted octanol–water partition coefficient (Wildman–Crippen LogP) is 3.16. The number of anilines is 1. The fourth-order valence-corrected chi connectivity index (χ4v) is 2.09. The van der Waals surface area contributed by atoms with E-state index >= 15 is 0 Å². The highest BCUT2D eigenvalue weighted by Crippen LogP contribution is 2.31. The molecule has 0 fully saturated rings. The van der Waals surface area contributed by atoms with E-state index in [1.807, 2.05) is 19.1 Å². The van der Waals surface area contributed by atoms with Gasteiger partial charge in [-0.3, -0.25) is 5.10 Å². The van der Waals surface area contributed by atoms with E-state index in [4.69, 9.17) is 10.5 Å². The zero-order chi connectivity index (χ0) is 15.0. The molecular weight excluding hydrogens is 266 g/mol. The van der Waals surface area contributed by atoms with E-state index in [-0.39, 0.29) is 5.95 Å². The van der Waals surface area contributed by atoms with Crippen molar-refractivity contribution in [3.05, 3.63) is 35.5 Å². The number of hydrogen-bond donors (Lipinski definition) is 2. The summed E-state index contributed by atoms with van der Waals surface area (Å²) in [7, 11) is 0. The van der Waals surface area contributed by atoms with Gasteiger partial charge in [0.25, 0.3) is 0 Å². The third-order valence-electron chi connectivity index (χ3n) is 3.38. The van der Waals surface area contributed by atoms with Crippen LogP contribution in [-0.4, -0.2) is 20.2 Å². The van der Waals surface area contributed by atoms with E-state index in [1.54, 1.807) is 6.20 Å². The maximum atomic E-state index is 5.96. The molecule has 0 radical (unpaired) electrons. The SMILES string of the molecule is Cc1ccc(C(C)C)cc1Oc1nc(N)nc2[nH]ncc12. The Hall–Kier alpha value is -2.63. The number of ether oxygens (including phenoxy) is 1. The molecule has 0 aliphatic rings. The first-order valence-corrected chi connectivity index (χ1v) is 6.79. The van der Waals surface area contributed by atoms with Crippen molar-refractivity contribution in [1.29, 1.82) is 0 Å². The van der Waals surface area contributed by atoms with E-state index in [2.05, 4.69) is 40.1 Å². The van der Waals surface area contributed by atoms with Gasteiger partial charge in [-0.2, -0.15) is 15.1 Å². The quantitative estimate of drug-likeness (QED) is 0.770. The summed E-state index contributed by atoms with van der Waals surface area (Å²) in [5, 5.41) is 7.43. The summed E-state index contributed by atoms with van der Waals surface area (Å²) in [6.45, 7) is 6.29. The van der Waals surface area contributed by atoms with Crippen LogP contribution < -0.4 is 10.5 Å². The Balaban J connectivity index is 2.06. The fraction of sp³-hybridized carbons (Fsp3) is 0.267. The molecule has 0 atom stereocenters. The second-order valence-corrected chi connectivity index (χ2v) is 5.30. The molecule has 6 heteroatoms. The number of hydrogen-bond acceptors (Lipinski definition) is 5. The van der Waals surface area contributed by atoms with Crippen molar-refractivity contribution in [2.45, 2.75) is 26.7 Å². The highest BCUT2D eigenvalue weighted by molar-refractivity contribution is 5.80. The largest absolute Gasteiger partial charge is 0.438 e. The van der Waals surface area contributed by atoms with Crippen molar-refractivity contribution < 1.29 is 4.74 Å². The molecule has 3 N–H and O–H groups in total. The predicted molar refractivity (Wildman–Crippen MR) is 81.4 cm³/mol. The van der Waals surface area contributed by atoms with Gasteiger partial charge in [0.15, 0.2) is 5.65 Å². The van der Waals surface area contributed by atoms with Crippen LogP contribution in [-0.2, 0) is 0 Å². The maximum absolute atomic E-state index is 5.96. The third-order valence-corrected chi connectivity index (χ3v) is 3.38. The van der Waals surface area contributed by atoms with Crippen LogP contribution in [0.4, 0.5) is 5.95 Å². The van der Waals surface area contributed by atoms with Gasteiger partial charge in [0.05, 0.1) is 6.20 Å². The van der Waals surface area contributed by atoms with E-state index in [0.717, 1.165) is 11.3 Å². The molecule has 21 heavy (non-hydrogen) atoms. The molecular formula is C15H17N5O. The number of fused-ring (bicyclic) bond motifs is 1. The van der Waals surface area contributed by atoms with E-state index in [0.29, 0.717) is 22.8 Å². The van der Waals surface area contributed by atoms with E-state index < -0.39 is 0 Å². The number of aromatic amines is 1. The van der Waals surface area contributed by atoms with Crippen LogP contribution in [0.25, 0.3) is 11.0 Å². The zero-order valence-electron chi connectivity index (χ0n) is 12.2. The second kappa shape index (κ2) is 5.05. The summed E-state index contributed by atoms with van der Waals surface area (Å²) in [5.74, 6) is 1.76. The number of aromatic nitrogens is 4. The maximum Gasteiger partial charge on any atom is 0.235 e. The highest BCUT2D eigenvalue weighted by Gasteiger charge is 2.12. The fourth-order valence-electron chi connectivity index (χ4n) is 2.09. The number of H-pyrrole nitrogens is 1. The van der Waals surface area contributed by atoms with Gasteiger partial charge in [0, 0.05) is 0 Å². The Bertz CT molecular complexity index is 794. The Morgan fingerprint density at radius 1 is 1.24 bits per heavy atom. The minimum Gasteiger partial charge on any atom is -0.438 e. The summed E-state index contributed by atoms with van der Waals surface area (Å²) in [6, 6.07) is 6.18. The molecule has 108 valence electrons. The minimum atomic E-state index is 0.152. The Labute approximate surface area is 122 Å². The van der Waals surface area contributed by atoms with Crippen molar-refractivity contribution in [2.75, 3.05) is 5.73 Å². The van der Waals surface area contributed by atoms with E-state index in [1.165, 1.54) is 5.56 Å². The Morgan fingerprint density at radius 2 is 2.05 bits per heavy atom. The average Bonchev–Trinajstić information content (AvgIpc) is 2.89. The van der Waals surface area contributed by atoms with E-state index in [9.17, 15) is 0 Å². The van der Waals surface area contributed by atoms with Crippen LogP contribution in [0.2, 0.25) is 0 Å². The molecule has 0 bridgehead atoms. The van der Waals surface area contributed by atoms with Gasteiger partial charge in [0.2, 0.25) is 11.8 Å². The molecule has 0 aliphatic heterocycles. The number of nitrogens with zero attached hydrogens (tertiary/aromatic N) is 3. The number of nitrogen functional groups attached to an aromatic ring is 1.